The summed E-state index contributed by atoms with van der Waals surface area (Å²) in [5.74, 6) is -1.06. The molecule has 112 valence electrons. The van der Waals surface area contributed by atoms with Crippen LogP contribution in [0.2, 0.25) is 5.02 Å². The number of aliphatic hydroxyl groups excluding tert-OH is 1. The first-order chi connectivity index (χ1) is 10.6. The van der Waals surface area contributed by atoms with Crippen LogP contribution in [0.25, 0.3) is 0 Å². The van der Waals surface area contributed by atoms with E-state index in [0.29, 0.717) is 26.8 Å². The zero-order valence-corrected chi connectivity index (χ0v) is 12.2. The zero-order valence-electron chi connectivity index (χ0n) is 11.4. The average molecular weight is 318 g/mol. The summed E-state index contributed by atoms with van der Waals surface area (Å²) in [7, 11) is 0. The molecule has 0 aromatic heterocycles. The van der Waals surface area contributed by atoms with Crippen LogP contribution in [-0.4, -0.2) is 28.6 Å². The van der Waals surface area contributed by atoms with Gasteiger partial charge in [0.25, 0.3) is 11.8 Å². The van der Waals surface area contributed by atoms with Crippen molar-refractivity contribution in [1.29, 1.82) is 0 Å². The molecule has 0 saturated heterocycles. The molecule has 5 nitrogen and oxygen atoms in total. The lowest BCUT2D eigenvalue weighted by Gasteiger charge is -2.17. The zero-order chi connectivity index (χ0) is 15.7. The first kappa shape index (κ1) is 14.7. The first-order valence-corrected chi connectivity index (χ1v) is 7.00. The Kier molecular flexibility index (Phi) is 3.94. The third-order valence-corrected chi connectivity index (χ3v) is 3.59. The number of rotatable bonds is 4. The van der Waals surface area contributed by atoms with Crippen molar-refractivity contribution in [1.82, 2.24) is 5.06 Å². The molecule has 0 aliphatic carbocycles. The molecule has 6 heteroatoms. The average Bonchev–Trinajstić information content (AvgIpc) is 2.77. The molecule has 1 N–H and O–H groups in total. The van der Waals surface area contributed by atoms with Crippen LogP contribution in [0.5, 0.6) is 0 Å². The monoisotopic (exact) mass is 317 g/mol. The van der Waals surface area contributed by atoms with Crippen molar-refractivity contribution in [3.05, 3.63) is 70.2 Å². The maximum absolute atomic E-state index is 12.1. The number of hydroxylamine groups is 2. The Balaban J connectivity index is 1.70. The highest BCUT2D eigenvalue weighted by atomic mass is 35.5. The summed E-state index contributed by atoms with van der Waals surface area (Å²) in [5.41, 5.74) is 1.14. The Hall–Kier alpha value is -2.21. The summed E-state index contributed by atoms with van der Waals surface area (Å²) in [4.78, 5) is 29.4. The van der Waals surface area contributed by atoms with E-state index in [-0.39, 0.29) is 6.61 Å². The van der Waals surface area contributed by atoms with Crippen molar-refractivity contribution >= 4 is 23.4 Å². The largest absolute Gasteiger partial charge is 0.386 e. The lowest BCUT2D eigenvalue weighted by Crippen LogP contribution is -2.31. The van der Waals surface area contributed by atoms with Crippen molar-refractivity contribution in [3.63, 3.8) is 0 Å². The molecule has 1 aliphatic rings. The molecule has 22 heavy (non-hydrogen) atoms. The standard InChI is InChI=1S/C16H12ClNO4/c17-11-5-3-4-10(8-11)14(19)9-22-18-15(20)12-6-1-2-7-13(12)16(18)21/h1-8,14,19H,9H2. The van der Waals surface area contributed by atoms with Crippen LogP contribution in [0.1, 0.15) is 32.4 Å². The van der Waals surface area contributed by atoms with Crippen LogP contribution in [0.3, 0.4) is 0 Å². The van der Waals surface area contributed by atoms with E-state index in [9.17, 15) is 14.7 Å². The summed E-state index contributed by atoms with van der Waals surface area (Å²) in [6, 6.07) is 13.1. The molecule has 0 spiro atoms. The van der Waals surface area contributed by atoms with Crippen molar-refractivity contribution in [2.75, 3.05) is 6.61 Å². The lowest BCUT2D eigenvalue weighted by molar-refractivity contribution is -0.116. The quantitative estimate of drug-likeness (QED) is 0.880. The number of carbonyl (C=O) groups is 2. The van der Waals surface area contributed by atoms with Gasteiger partial charge in [0.15, 0.2) is 0 Å². The second kappa shape index (κ2) is 5.88. The molecule has 1 unspecified atom stereocenters. The minimum absolute atomic E-state index is 0.230. The van der Waals surface area contributed by atoms with Crippen molar-refractivity contribution in [2.24, 2.45) is 0 Å². The number of aliphatic hydroxyl groups is 1. The minimum atomic E-state index is -0.997. The lowest BCUT2D eigenvalue weighted by atomic mass is 10.1. The van der Waals surface area contributed by atoms with Gasteiger partial charge in [0.1, 0.15) is 12.7 Å². The summed E-state index contributed by atoms with van der Waals surface area (Å²) >= 11 is 5.85. The SMILES string of the molecule is O=C1c2ccccc2C(=O)N1OCC(O)c1cccc(Cl)c1. The number of nitrogens with zero attached hydrogens (tertiary/aromatic N) is 1. The highest BCUT2D eigenvalue weighted by Gasteiger charge is 2.36. The van der Waals surface area contributed by atoms with Crippen LogP contribution >= 0.6 is 11.6 Å². The number of hydrogen-bond donors (Lipinski definition) is 1. The van der Waals surface area contributed by atoms with E-state index in [1.807, 2.05) is 0 Å². The predicted molar refractivity (Wildman–Crippen MR) is 79.3 cm³/mol. The molecule has 1 atom stereocenters. The third-order valence-electron chi connectivity index (χ3n) is 3.35. The molecule has 0 fully saturated rings. The van der Waals surface area contributed by atoms with Gasteiger partial charge < -0.3 is 5.11 Å². The number of fused-ring (bicyclic) bond motifs is 1. The molecule has 2 aromatic carbocycles. The fourth-order valence-corrected chi connectivity index (χ4v) is 2.44. The first-order valence-electron chi connectivity index (χ1n) is 6.62. The van der Waals surface area contributed by atoms with E-state index >= 15 is 0 Å². The van der Waals surface area contributed by atoms with E-state index in [1.54, 1.807) is 48.5 Å². The van der Waals surface area contributed by atoms with Crippen molar-refractivity contribution in [3.8, 4) is 0 Å². The molecule has 2 amide bonds. The minimum Gasteiger partial charge on any atom is -0.386 e. The second-order valence-electron chi connectivity index (χ2n) is 4.82. The van der Waals surface area contributed by atoms with Gasteiger partial charge in [0.2, 0.25) is 0 Å². The van der Waals surface area contributed by atoms with Crippen LogP contribution in [0, 0.1) is 0 Å². The van der Waals surface area contributed by atoms with E-state index in [0.717, 1.165) is 0 Å². The van der Waals surface area contributed by atoms with Gasteiger partial charge in [0, 0.05) is 5.02 Å². The highest BCUT2D eigenvalue weighted by Crippen LogP contribution is 2.24. The fraction of sp³-hybridized carbons (Fsp3) is 0.125. The normalized spacial score (nSPS) is 15.1. The van der Waals surface area contributed by atoms with Crippen LogP contribution in [-0.2, 0) is 4.84 Å². The molecule has 0 bridgehead atoms. The molecule has 1 aliphatic heterocycles. The number of benzene rings is 2. The molecular formula is C16H12ClNO4. The summed E-state index contributed by atoms with van der Waals surface area (Å²) in [6.07, 6.45) is -0.997. The topological polar surface area (TPSA) is 66.8 Å². The molecule has 3 rings (SSSR count). The molecule has 0 saturated carbocycles. The Morgan fingerprint density at radius 1 is 1.05 bits per heavy atom. The van der Waals surface area contributed by atoms with Gasteiger partial charge >= 0.3 is 0 Å². The molecule has 0 radical (unpaired) electrons. The Bertz CT molecular complexity index is 711. The van der Waals surface area contributed by atoms with E-state index in [4.69, 9.17) is 16.4 Å². The Labute approximate surface area is 131 Å². The van der Waals surface area contributed by atoms with Crippen LogP contribution < -0.4 is 0 Å². The number of amides is 2. The summed E-state index contributed by atoms with van der Waals surface area (Å²) in [6.45, 7) is -0.230. The molecule has 1 heterocycles. The van der Waals surface area contributed by atoms with Gasteiger partial charge in [-0.2, -0.15) is 0 Å². The van der Waals surface area contributed by atoms with Crippen molar-refractivity contribution < 1.29 is 19.5 Å². The van der Waals surface area contributed by atoms with Gasteiger partial charge in [-0.05, 0) is 29.8 Å². The highest BCUT2D eigenvalue weighted by molar-refractivity contribution is 6.30. The van der Waals surface area contributed by atoms with Gasteiger partial charge in [-0.1, -0.05) is 35.9 Å². The van der Waals surface area contributed by atoms with Crippen LogP contribution in [0.4, 0.5) is 0 Å². The predicted octanol–water partition coefficient (Wildman–Crippen LogP) is 2.60. The van der Waals surface area contributed by atoms with E-state index in [2.05, 4.69) is 0 Å². The smallest absolute Gasteiger partial charge is 0.285 e. The number of carbonyl (C=O) groups excluding carboxylic acids is 2. The summed E-state index contributed by atoms with van der Waals surface area (Å²) in [5, 5.41) is 11.2. The number of hydrogen-bond acceptors (Lipinski definition) is 4. The number of halogens is 1. The van der Waals surface area contributed by atoms with Gasteiger partial charge in [-0.15, -0.1) is 5.06 Å². The van der Waals surface area contributed by atoms with Gasteiger partial charge in [-0.3, -0.25) is 14.4 Å². The Morgan fingerprint density at radius 2 is 1.68 bits per heavy atom. The maximum Gasteiger partial charge on any atom is 0.285 e. The second-order valence-corrected chi connectivity index (χ2v) is 5.25. The molecular weight excluding hydrogens is 306 g/mol. The van der Waals surface area contributed by atoms with E-state index < -0.39 is 17.9 Å². The fourth-order valence-electron chi connectivity index (χ4n) is 2.24. The van der Waals surface area contributed by atoms with Crippen molar-refractivity contribution in [2.45, 2.75) is 6.10 Å². The van der Waals surface area contributed by atoms with E-state index in [1.165, 1.54) is 0 Å². The van der Waals surface area contributed by atoms with Crippen LogP contribution in [0.15, 0.2) is 48.5 Å². The summed E-state index contributed by atoms with van der Waals surface area (Å²) < 4.78 is 0. The number of imide groups is 1. The Morgan fingerprint density at radius 3 is 2.27 bits per heavy atom. The third kappa shape index (κ3) is 2.62. The van der Waals surface area contributed by atoms with Gasteiger partial charge in [-0.25, -0.2) is 0 Å². The molecule has 2 aromatic rings. The van der Waals surface area contributed by atoms with Gasteiger partial charge in [0.05, 0.1) is 11.1 Å². The maximum atomic E-state index is 12.1.